The summed E-state index contributed by atoms with van der Waals surface area (Å²) in [5, 5.41) is 0. The number of halogens is 2. The van der Waals surface area contributed by atoms with Crippen LogP contribution >= 0.6 is 20.7 Å². The molecule has 0 spiro atoms. The first-order valence-electron chi connectivity index (χ1n) is 3.17. The summed E-state index contributed by atoms with van der Waals surface area (Å²) in [5.41, 5.74) is 0. The lowest BCUT2D eigenvalue weighted by atomic mass is 10.0. The summed E-state index contributed by atoms with van der Waals surface area (Å²) in [6, 6.07) is 0. The van der Waals surface area contributed by atoms with Gasteiger partial charge in [0.1, 0.15) is 6.17 Å². The van der Waals surface area contributed by atoms with Gasteiger partial charge in [-0.2, -0.15) is 0 Å². The summed E-state index contributed by atoms with van der Waals surface area (Å²) in [5.74, 6) is 0. The Bertz CT molecular complexity index is 151. The largest absolute Gasteiger partial charge is 0.246 e. The highest BCUT2D eigenvalue weighted by atomic mass is 127. The average molecular weight is 242 g/mol. The van der Waals surface area contributed by atoms with Crippen LogP contribution in [-0.4, -0.2) is 13.1 Å². The van der Waals surface area contributed by atoms with Crippen LogP contribution in [0.25, 0.3) is 0 Å². The average Bonchev–Trinajstić information content (AvgIpc) is 1.62. The molecule has 1 heterocycles. The highest BCUT2D eigenvalue weighted by Crippen LogP contribution is 2.44. The molecule has 0 bridgehead atoms. The fourth-order valence-electron chi connectivity index (χ4n) is 1.05. The van der Waals surface area contributed by atoms with E-state index in [-0.39, 0.29) is 24.2 Å². The predicted octanol–water partition coefficient (Wildman–Crippen LogP) is 2.67. The van der Waals surface area contributed by atoms with Gasteiger partial charge in [-0.25, -0.2) is 4.39 Å². The van der Waals surface area contributed by atoms with Gasteiger partial charge in [0, 0.05) is 3.42 Å². The topological polar surface area (TPSA) is 0 Å². The van der Waals surface area contributed by atoms with Gasteiger partial charge in [-0.15, -0.1) is 20.7 Å². The molecule has 2 heteroatoms. The van der Waals surface area contributed by atoms with Gasteiger partial charge < -0.3 is 0 Å². The standard InChI is InChI=1S/C7H12FI/c1-5-4-7(3,9-5)6(2)8/h6H,4H2,1-3H3/t6-,7?/m1/s1. The van der Waals surface area contributed by atoms with Crippen LogP contribution < -0.4 is 0 Å². The number of hydrogen-bond acceptors (Lipinski definition) is 0. The molecule has 1 aliphatic heterocycles. The summed E-state index contributed by atoms with van der Waals surface area (Å²) in [6.45, 7) is 5.90. The van der Waals surface area contributed by atoms with E-state index in [1.165, 1.54) is 0 Å². The van der Waals surface area contributed by atoms with E-state index in [0.717, 1.165) is 6.42 Å². The summed E-state index contributed by atoms with van der Waals surface area (Å²) in [6.07, 6.45) is 0.451. The molecule has 1 rings (SSSR count). The molecule has 0 saturated heterocycles. The number of alkyl halides is 2. The first kappa shape index (κ1) is 7.63. The molecule has 0 fully saturated rings. The molecule has 2 atom stereocenters. The van der Waals surface area contributed by atoms with Gasteiger partial charge in [0.25, 0.3) is 0 Å². The number of hydrogen-bond donors (Lipinski definition) is 0. The van der Waals surface area contributed by atoms with E-state index in [4.69, 9.17) is 0 Å². The second kappa shape index (κ2) is 2.29. The zero-order valence-corrected chi connectivity index (χ0v) is 8.20. The van der Waals surface area contributed by atoms with Crippen LogP contribution in [0.4, 0.5) is 4.39 Å². The first-order valence-corrected chi connectivity index (χ1v) is 5.33. The van der Waals surface area contributed by atoms with E-state index in [2.05, 4.69) is 13.8 Å². The Hall–Kier alpha value is 0.530. The third-order valence-corrected chi connectivity index (χ3v) is 5.57. The van der Waals surface area contributed by atoms with E-state index in [1.54, 1.807) is 10.4 Å². The predicted molar refractivity (Wildman–Crippen MR) is 48.3 cm³/mol. The van der Waals surface area contributed by atoms with Gasteiger partial charge in [0.2, 0.25) is 0 Å². The fraction of sp³-hybridized carbons (Fsp3) is 0.857. The van der Waals surface area contributed by atoms with Crippen LogP contribution in [0.1, 0.15) is 27.2 Å². The fourth-order valence-corrected chi connectivity index (χ4v) is 4.68. The molecule has 9 heavy (non-hydrogen) atoms. The van der Waals surface area contributed by atoms with Crippen molar-refractivity contribution >= 4 is 24.2 Å². The summed E-state index contributed by atoms with van der Waals surface area (Å²) >= 11 is 0.0802. The van der Waals surface area contributed by atoms with Gasteiger partial charge in [0.15, 0.2) is 0 Å². The molecule has 1 unspecified atom stereocenters. The lowest BCUT2D eigenvalue weighted by Crippen LogP contribution is -2.36. The minimum atomic E-state index is -0.589. The van der Waals surface area contributed by atoms with E-state index in [9.17, 15) is 4.39 Å². The van der Waals surface area contributed by atoms with Crippen molar-refractivity contribution < 1.29 is 4.39 Å². The molecule has 54 valence electrons. The smallest absolute Gasteiger partial charge is 0.111 e. The molecule has 0 amide bonds. The van der Waals surface area contributed by atoms with Crippen molar-refractivity contribution in [2.24, 2.45) is 0 Å². The molecule has 0 aromatic carbocycles. The molecular formula is C7H12FI. The quantitative estimate of drug-likeness (QED) is 0.489. The van der Waals surface area contributed by atoms with Crippen LogP contribution in [0, 0.1) is 0 Å². The Morgan fingerprint density at radius 3 is 2.33 bits per heavy atom. The van der Waals surface area contributed by atoms with Crippen molar-refractivity contribution in [3.63, 3.8) is 0 Å². The molecule has 0 N–H and O–H groups in total. The number of rotatable bonds is 1. The maximum Gasteiger partial charge on any atom is 0.111 e. The Balaban J connectivity index is 2.62. The SMILES string of the molecule is CC1=IC(C)([C@@H](C)F)C1. The molecule has 0 aromatic heterocycles. The second-order valence-electron chi connectivity index (χ2n) is 2.84. The van der Waals surface area contributed by atoms with Crippen molar-refractivity contribution in [1.82, 2.24) is 0 Å². The molecule has 0 saturated carbocycles. The van der Waals surface area contributed by atoms with E-state index < -0.39 is 6.17 Å². The van der Waals surface area contributed by atoms with Crippen molar-refractivity contribution in [3.8, 4) is 0 Å². The van der Waals surface area contributed by atoms with Gasteiger partial charge >= 0.3 is 0 Å². The van der Waals surface area contributed by atoms with Gasteiger partial charge in [-0.3, -0.25) is 0 Å². The van der Waals surface area contributed by atoms with E-state index in [0.29, 0.717) is 0 Å². The second-order valence-corrected chi connectivity index (χ2v) is 7.69. The van der Waals surface area contributed by atoms with Gasteiger partial charge in [-0.1, -0.05) is 0 Å². The van der Waals surface area contributed by atoms with E-state index in [1.807, 2.05) is 0 Å². The first-order chi connectivity index (χ1) is 4.04. The van der Waals surface area contributed by atoms with Crippen LogP contribution in [0.3, 0.4) is 0 Å². The Kier molecular flexibility index (Phi) is 1.94. The highest BCUT2D eigenvalue weighted by molar-refractivity contribution is 14.2. The maximum absolute atomic E-state index is 12.7. The lowest BCUT2D eigenvalue weighted by Gasteiger charge is -2.35. The Morgan fingerprint density at radius 2 is 2.22 bits per heavy atom. The van der Waals surface area contributed by atoms with E-state index >= 15 is 0 Å². The Morgan fingerprint density at radius 1 is 1.78 bits per heavy atom. The van der Waals surface area contributed by atoms with Gasteiger partial charge in [-0.05, 0) is 30.7 Å². The molecule has 0 aliphatic carbocycles. The van der Waals surface area contributed by atoms with Crippen molar-refractivity contribution in [2.75, 3.05) is 0 Å². The summed E-state index contributed by atoms with van der Waals surface area (Å²) in [7, 11) is 0. The summed E-state index contributed by atoms with van der Waals surface area (Å²) in [4.78, 5) is 0. The third kappa shape index (κ3) is 1.33. The van der Waals surface area contributed by atoms with Crippen LogP contribution in [-0.2, 0) is 0 Å². The zero-order chi connectivity index (χ0) is 7.07. The van der Waals surface area contributed by atoms with Crippen LogP contribution in [0.5, 0.6) is 0 Å². The van der Waals surface area contributed by atoms with Crippen LogP contribution in [0.2, 0.25) is 0 Å². The third-order valence-electron chi connectivity index (χ3n) is 1.80. The maximum atomic E-state index is 12.7. The molecule has 0 aromatic rings. The van der Waals surface area contributed by atoms with Gasteiger partial charge in [0.05, 0.1) is 0 Å². The van der Waals surface area contributed by atoms with Crippen molar-refractivity contribution in [3.05, 3.63) is 0 Å². The zero-order valence-electron chi connectivity index (χ0n) is 6.04. The monoisotopic (exact) mass is 242 g/mol. The van der Waals surface area contributed by atoms with Crippen molar-refractivity contribution in [1.29, 1.82) is 0 Å². The molecule has 0 radical (unpaired) electrons. The molecule has 0 nitrogen and oxygen atoms in total. The minimum Gasteiger partial charge on any atom is -0.246 e. The molecular weight excluding hydrogens is 230 g/mol. The molecule has 1 aliphatic rings. The Labute approximate surface area is 65.6 Å². The normalized spacial score (nSPS) is 38.0. The highest BCUT2D eigenvalue weighted by Gasteiger charge is 2.36. The minimum absolute atomic E-state index is 0.0802. The lowest BCUT2D eigenvalue weighted by molar-refractivity contribution is 0.305. The van der Waals surface area contributed by atoms with Crippen molar-refractivity contribution in [2.45, 2.75) is 36.8 Å². The summed E-state index contributed by atoms with van der Waals surface area (Å²) < 4.78 is 14.4. The van der Waals surface area contributed by atoms with Crippen LogP contribution in [0.15, 0.2) is 0 Å².